The van der Waals surface area contributed by atoms with Crippen LogP contribution in [-0.4, -0.2) is 27.6 Å². The maximum absolute atomic E-state index is 11.1. The summed E-state index contributed by atoms with van der Waals surface area (Å²) in [5.41, 5.74) is 5.83. The fourth-order valence-electron chi connectivity index (χ4n) is 1.82. The van der Waals surface area contributed by atoms with Crippen molar-refractivity contribution in [3.05, 3.63) is 0 Å². The van der Waals surface area contributed by atoms with E-state index in [9.17, 15) is 4.79 Å². The van der Waals surface area contributed by atoms with Crippen molar-refractivity contribution in [3.8, 4) is 0 Å². The van der Waals surface area contributed by atoms with Crippen LogP contribution in [0.4, 0.5) is 0 Å². The first-order chi connectivity index (χ1) is 7.98. The Bertz CT molecular complexity index is 229. The molecule has 18 heavy (non-hydrogen) atoms. The molecule has 0 saturated heterocycles. The third kappa shape index (κ3) is 7.49. The topological polar surface area (TPSA) is 63.3 Å². The molecule has 0 aliphatic rings. The highest BCUT2D eigenvalue weighted by Crippen LogP contribution is 2.34. The summed E-state index contributed by atoms with van der Waals surface area (Å²) in [6.45, 7) is 6.28. The van der Waals surface area contributed by atoms with Crippen LogP contribution in [0.3, 0.4) is 0 Å². The third-order valence-electron chi connectivity index (χ3n) is 3.09. The zero-order valence-corrected chi connectivity index (χ0v) is 13.4. The Morgan fingerprint density at radius 2 is 1.89 bits per heavy atom. The fourth-order valence-corrected chi connectivity index (χ4v) is 3.06. The summed E-state index contributed by atoms with van der Waals surface area (Å²) in [5, 5.41) is 9.08. The van der Waals surface area contributed by atoms with Crippen molar-refractivity contribution in [1.82, 2.24) is 0 Å². The largest absolute Gasteiger partial charge is 0.480 e. The Morgan fingerprint density at radius 1 is 1.28 bits per heavy atom. The molecule has 3 nitrogen and oxygen atoms in total. The zero-order valence-electron chi connectivity index (χ0n) is 11.8. The molecule has 0 spiro atoms. The van der Waals surface area contributed by atoms with Crippen molar-refractivity contribution in [2.75, 3.05) is 5.75 Å². The van der Waals surface area contributed by atoms with Crippen molar-refractivity contribution in [3.63, 3.8) is 0 Å². The molecular weight excluding hydrogens is 270 g/mol. The second-order valence-electron chi connectivity index (χ2n) is 4.79. The van der Waals surface area contributed by atoms with Crippen LogP contribution in [0.15, 0.2) is 0 Å². The highest BCUT2D eigenvalue weighted by atomic mass is 35.5. The molecule has 5 heteroatoms. The van der Waals surface area contributed by atoms with Crippen molar-refractivity contribution >= 4 is 30.1 Å². The van der Waals surface area contributed by atoms with E-state index >= 15 is 0 Å². The number of unbranched alkanes of at least 4 members (excludes halogenated alkanes) is 3. The molecule has 2 atom stereocenters. The van der Waals surface area contributed by atoms with Crippen molar-refractivity contribution in [2.24, 2.45) is 5.73 Å². The summed E-state index contributed by atoms with van der Waals surface area (Å²) < 4.78 is -0.324. The Kier molecular flexibility index (Phi) is 12.4. The first kappa shape index (κ1) is 20.4. The summed E-state index contributed by atoms with van der Waals surface area (Å²) in [6.07, 6.45) is 6.61. The molecule has 3 N–H and O–H groups in total. The van der Waals surface area contributed by atoms with Crippen LogP contribution in [0.2, 0.25) is 0 Å². The molecule has 110 valence electrons. The van der Waals surface area contributed by atoms with Gasteiger partial charge in [-0.15, -0.1) is 12.4 Å². The Morgan fingerprint density at radius 3 is 2.33 bits per heavy atom. The van der Waals surface area contributed by atoms with E-state index in [1.54, 1.807) is 11.8 Å². The number of carboxylic acids is 1. The van der Waals surface area contributed by atoms with E-state index in [1.165, 1.54) is 19.3 Å². The summed E-state index contributed by atoms with van der Waals surface area (Å²) in [4.78, 5) is 11.1. The van der Waals surface area contributed by atoms with Crippen molar-refractivity contribution in [2.45, 2.75) is 70.1 Å². The van der Waals surface area contributed by atoms with Crippen LogP contribution >= 0.6 is 24.2 Å². The van der Waals surface area contributed by atoms with E-state index in [1.807, 2.05) is 6.92 Å². The highest BCUT2D eigenvalue weighted by molar-refractivity contribution is 8.00. The number of carboxylic acid groups (broad SMARTS) is 1. The summed E-state index contributed by atoms with van der Waals surface area (Å²) in [5.74, 6) is 0.0947. The van der Waals surface area contributed by atoms with Crippen LogP contribution in [0.25, 0.3) is 0 Å². The Hall–Kier alpha value is 0.0700. The molecule has 0 fully saturated rings. The molecule has 0 bridgehead atoms. The summed E-state index contributed by atoms with van der Waals surface area (Å²) in [6, 6.07) is -0.763. The lowest BCUT2D eigenvalue weighted by Gasteiger charge is -2.32. The van der Waals surface area contributed by atoms with Crippen LogP contribution in [0.5, 0.6) is 0 Å². The lowest BCUT2D eigenvalue weighted by molar-refractivity contribution is -0.139. The molecule has 0 aliphatic carbocycles. The van der Waals surface area contributed by atoms with Gasteiger partial charge in [0, 0.05) is 4.75 Å². The average Bonchev–Trinajstić information content (AvgIpc) is 2.31. The molecule has 0 rings (SSSR count). The van der Waals surface area contributed by atoms with Crippen LogP contribution < -0.4 is 5.73 Å². The molecule has 0 aromatic rings. The van der Waals surface area contributed by atoms with Crippen molar-refractivity contribution in [1.29, 1.82) is 0 Å². The van der Waals surface area contributed by atoms with Gasteiger partial charge < -0.3 is 10.8 Å². The van der Waals surface area contributed by atoms with E-state index < -0.39 is 12.0 Å². The molecule has 2 unspecified atom stereocenters. The van der Waals surface area contributed by atoms with E-state index in [2.05, 4.69) is 13.8 Å². The van der Waals surface area contributed by atoms with E-state index in [0.29, 0.717) is 0 Å². The standard InChI is InChI=1S/C13H27NO2S.ClH/c1-4-6-7-8-9-13(3,17-10-5-2)11(14)12(15)16;/h11H,4-10,14H2,1-3H3,(H,15,16);1H. The van der Waals surface area contributed by atoms with Crippen molar-refractivity contribution < 1.29 is 9.90 Å². The SMILES string of the molecule is CCCCCCC(C)(SCCC)C(N)C(=O)O.Cl. The van der Waals surface area contributed by atoms with Gasteiger partial charge >= 0.3 is 5.97 Å². The van der Waals surface area contributed by atoms with Gasteiger partial charge in [0.25, 0.3) is 0 Å². The van der Waals surface area contributed by atoms with Gasteiger partial charge in [0.2, 0.25) is 0 Å². The molecule has 0 aromatic heterocycles. The monoisotopic (exact) mass is 297 g/mol. The molecule has 0 saturated carbocycles. The van der Waals surface area contributed by atoms with E-state index in [0.717, 1.165) is 25.0 Å². The van der Waals surface area contributed by atoms with E-state index in [-0.39, 0.29) is 17.2 Å². The molecule has 0 amide bonds. The minimum absolute atomic E-state index is 0. The lowest BCUT2D eigenvalue weighted by atomic mass is 9.94. The second kappa shape index (κ2) is 10.9. The quantitative estimate of drug-likeness (QED) is 0.604. The minimum Gasteiger partial charge on any atom is -0.480 e. The molecule has 0 radical (unpaired) electrons. The van der Waals surface area contributed by atoms with Gasteiger partial charge in [-0.05, 0) is 25.5 Å². The average molecular weight is 298 g/mol. The number of thioether (sulfide) groups is 1. The molecule has 0 heterocycles. The van der Waals surface area contributed by atoms with Gasteiger partial charge in [-0.3, -0.25) is 4.79 Å². The van der Waals surface area contributed by atoms with Gasteiger partial charge in [-0.2, -0.15) is 11.8 Å². The van der Waals surface area contributed by atoms with Gasteiger partial charge in [0.1, 0.15) is 6.04 Å². The predicted molar refractivity (Wildman–Crippen MR) is 82.8 cm³/mol. The first-order valence-electron chi connectivity index (χ1n) is 6.60. The zero-order chi connectivity index (χ0) is 13.3. The maximum atomic E-state index is 11.1. The number of carbonyl (C=O) groups is 1. The fraction of sp³-hybridized carbons (Fsp3) is 0.923. The lowest BCUT2D eigenvalue weighted by Crippen LogP contribution is -2.48. The normalized spacial score (nSPS) is 15.6. The van der Waals surface area contributed by atoms with Crippen LogP contribution in [0.1, 0.15) is 59.3 Å². The molecular formula is C13H28ClNO2S. The molecule has 0 aliphatic heterocycles. The number of aliphatic carboxylic acids is 1. The summed E-state index contributed by atoms with van der Waals surface area (Å²) >= 11 is 1.71. The maximum Gasteiger partial charge on any atom is 0.321 e. The first-order valence-corrected chi connectivity index (χ1v) is 7.58. The number of nitrogens with two attached hydrogens (primary N) is 1. The van der Waals surface area contributed by atoms with Gasteiger partial charge in [-0.1, -0.05) is 39.5 Å². The molecule has 0 aromatic carbocycles. The smallest absolute Gasteiger partial charge is 0.321 e. The number of rotatable bonds is 10. The Balaban J connectivity index is 0. The van der Waals surface area contributed by atoms with Crippen LogP contribution in [0, 0.1) is 0 Å². The van der Waals surface area contributed by atoms with Gasteiger partial charge in [-0.25, -0.2) is 0 Å². The summed E-state index contributed by atoms with van der Waals surface area (Å²) in [7, 11) is 0. The van der Waals surface area contributed by atoms with Crippen LogP contribution in [-0.2, 0) is 4.79 Å². The predicted octanol–water partition coefficient (Wildman–Crippen LogP) is 3.69. The van der Waals surface area contributed by atoms with Gasteiger partial charge in [0.05, 0.1) is 0 Å². The second-order valence-corrected chi connectivity index (χ2v) is 6.42. The third-order valence-corrected chi connectivity index (χ3v) is 4.82. The number of halogens is 1. The number of hydrogen-bond donors (Lipinski definition) is 2. The van der Waals surface area contributed by atoms with Gasteiger partial charge in [0.15, 0.2) is 0 Å². The Labute approximate surface area is 122 Å². The van der Waals surface area contributed by atoms with E-state index in [4.69, 9.17) is 10.8 Å². The minimum atomic E-state index is -0.883. The number of hydrogen-bond acceptors (Lipinski definition) is 3. The highest BCUT2D eigenvalue weighted by Gasteiger charge is 2.36.